The van der Waals surface area contributed by atoms with Gasteiger partial charge in [-0.15, -0.1) is 0 Å². The van der Waals surface area contributed by atoms with Crippen molar-refractivity contribution in [2.45, 2.75) is 26.4 Å². The molecular weight excluding hydrogens is 255 g/mol. The van der Waals surface area contributed by atoms with Gasteiger partial charge in [0.25, 0.3) is 0 Å². The fourth-order valence-corrected chi connectivity index (χ4v) is 2.19. The van der Waals surface area contributed by atoms with Crippen LogP contribution in [0.1, 0.15) is 29.7 Å². The van der Waals surface area contributed by atoms with Crippen molar-refractivity contribution >= 4 is 0 Å². The van der Waals surface area contributed by atoms with Crippen LogP contribution in [-0.2, 0) is 6.42 Å². The summed E-state index contributed by atoms with van der Waals surface area (Å²) in [5.74, 6) is 0.499. The molecule has 0 bridgehead atoms. The highest BCUT2D eigenvalue weighted by atomic mass is 19.1. The van der Waals surface area contributed by atoms with Gasteiger partial charge in [-0.2, -0.15) is 0 Å². The smallest absolute Gasteiger partial charge is 0.123 e. The molecule has 0 saturated carbocycles. The molecule has 0 aliphatic rings. The van der Waals surface area contributed by atoms with Crippen LogP contribution in [0.25, 0.3) is 0 Å². The first-order valence-corrected chi connectivity index (χ1v) is 6.76. The topological polar surface area (TPSA) is 29.5 Å². The Hall–Kier alpha value is -1.87. The molecule has 0 aliphatic heterocycles. The summed E-state index contributed by atoms with van der Waals surface area (Å²) in [6, 6.07) is 12.1. The third-order valence-electron chi connectivity index (χ3n) is 3.27. The Morgan fingerprint density at radius 3 is 2.70 bits per heavy atom. The SMILES string of the molecule is CCOc1cccc(C(O)Cc2ccc(F)cc2C)c1. The van der Waals surface area contributed by atoms with E-state index in [2.05, 4.69) is 0 Å². The molecule has 0 amide bonds. The van der Waals surface area contributed by atoms with Crippen LogP contribution in [0.4, 0.5) is 4.39 Å². The summed E-state index contributed by atoms with van der Waals surface area (Å²) in [4.78, 5) is 0. The lowest BCUT2D eigenvalue weighted by atomic mass is 9.98. The highest BCUT2D eigenvalue weighted by Gasteiger charge is 2.11. The zero-order valence-corrected chi connectivity index (χ0v) is 11.8. The summed E-state index contributed by atoms with van der Waals surface area (Å²) in [6.45, 7) is 4.36. The van der Waals surface area contributed by atoms with Crippen molar-refractivity contribution in [3.63, 3.8) is 0 Å². The van der Waals surface area contributed by atoms with Gasteiger partial charge in [-0.3, -0.25) is 0 Å². The Kier molecular flexibility index (Phi) is 4.74. The highest BCUT2D eigenvalue weighted by Crippen LogP contribution is 2.24. The minimum Gasteiger partial charge on any atom is -0.494 e. The highest BCUT2D eigenvalue weighted by molar-refractivity contribution is 5.33. The van der Waals surface area contributed by atoms with E-state index in [1.807, 2.05) is 38.1 Å². The van der Waals surface area contributed by atoms with Gasteiger partial charge in [0.05, 0.1) is 12.7 Å². The standard InChI is InChI=1S/C17H19FO2/c1-3-20-16-6-4-5-14(10-16)17(19)11-13-7-8-15(18)9-12(13)2/h4-10,17,19H,3,11H2,1-2H3. The van der Waals surface area contributed by atoms with Crippen molar-refractivity contribution < 1.29 is 14.2 Å². The van der Waals surface area contributed by atoms with Gasteiger partial charge in [0, 0.05) is 6.42 Å². The average Bonchev–Trinajstić information content (AvgIpc) is 2.42. The number of aliphatic hydroxyl groups excluding tert-OH is 1. The quantitative estimate of drug-likeness (QED) is 0.898. The van der Waals surface area contributed by atoms with E-state index in [1.165, 1.54) is 12.1 Å². The van der Waals surface area contributed by atoms with Crippen LogP contribution < -0.4 is 4.74 Å². The molecule has 0 aromatic heterocycles. The molecule has 1 N–H and O–H groups in total. The zero-order valence-electron chi connectivity index (χ0n) is 11.8. The van der Waals surface area contributed by atoms with E-state index in [-0.39, 0.29) is 5.82 Å². The molecule has 2 aromatic carbocycles. The molecule has 20 heavy (non-hydrogen) atoms. The molecule has 0 heterocycles. The van der Waals surface area contributed by atoms with Gasteiger partial charge in [0.1, 0.15) is 11.6 Å². The monoisotopic (exact) mass is 274 g/mol. The van der Waals surface area contributed by atoms with Crippen LogP contribution in [0.2, 0.25) is 0 Å². The van der Waals surface area contributed by atoms with Crippen LogP contribution >= 0.6 is 0 Å². The largest absolute Gasteiger partial charge is 0.494 e. The normalized spacial score (nSPS) is 12.2. The molecule has 3 heteroatoms. The fraction of sp³-hybridized carbons (Fsp3) is 0.294. The Labute approximate surface area is 118 Å². The number of ether oxygens (including phenoxy) is 1. The van der Waals surface area contributed by atoms with Crippen LogP contribution in [0, 0.1) is 12.7 Å². The van der Waals surface area contributed by atoms with Gasteiger partial charge in [-0.05, 0) is 54.8 Å². The van der Waals surface area contributed by atoms with Gasteiger partial charge < -0.3 is 9.84 Å². The molecule has 2 aromatic rings. The van der Waals surface area contributed by atoms with E-state index >= 15 is 0 Å². The number of benzene rings is 2. The summed E-state index contributed by atoms with van der Waals surface area (Å²) in [5, 5.41) is 10.3. The average molecular weight is 274 g/mol. The summed E-state index contributed by atoms with van der Waals surface area (Å²) in [6.07, 6.45) is -0.165. The second-order valence-electron chi connectivity index (χ2n) is 4.80. The van der Waals surface area contributed by atoms with E-state index in [0.29, 0.717) is 13.0 Å². The van der Waals surface area contributed by atoms with Gasteiger partial charge in [0.15, 0.2) is 0 Å². The maximum Gasteiger partial charge on any atom is 0.123 e. The lowest BCUT2D eigenvalue weighted by Gasteiger charge is -2.14. The first kappa shape index (κ1) is 14.5. The molecule has 106 valence electrons. The van der Waals surface area contributed by atoms with Gasteiger partial charge in [-0.25, -0.2) is 4.39 Å². The van der Waals surface area contributed by atoms with Gasteiger partial charge in [-0.1, -0.05) is 18.2 Å². The molecule has 2 rings (SSSR count). The third kappa shape index (κ3) is 3.58. The second kappa shape index (κ2) is 6.53. The van der Waals surface area contributed by atoms with Crippen molar-refractivity contribution in [2.24, 2.45) is 0 Å². The van der Waals surface area contributed by atoms with Crippen LogP contribution in [0.5, 0.6) is 5.75 Å². The van der Waals surface area contributed by atoms with Gasteiger partial charge >= 0.3 is 0 Å². The van der Waals surface area contributed by atoms with E-state index in [4.69, 9.17) is 4.74 Å². The Bertz CT molecular complexity index is 581. The lowest BCUT2D eigenvalue weighted by Crippen LogP contribution is -2.04. The molecule has 0 radical (unpaired) electrons. The Morgan fingerprint density at radius 1 is 1.20 bits per heavy atom. The van der Waals surface area contributed by atoms with Crippen molar-refractivity contribution in [1.82, 2.24) is 0 Å². The third-order valence-corrected chi connectivity index (χ3v) is 3.27. The predicted octanol–water partition coefficient (Wildman–Crippen LogP) is 3.81. The summed E-state index contributed by atoms with van der Waals surface area (Å²) in [5.41, 5.74) is 2.60. The second-order valence-corrected chi connectivity index (χ2v) is 4.80. The maximum atomic E-state index is 13.1. The molecular formula is C17H19FO2. The molecule has 0 fully saturated rings. The van der Waals surface area contributed by atoms with E-state index in [9.17, 15) is 9.50 Å². The van der Waals surface area contributed by atoms with Gasteiger partial charge in [0.2, 0.25) is 0 Å². The summed E-state index contributed by atoms with van der Waals surface area (Å²) in [7, 11) is 0. The summed E-state index contributed by atoms with van der Waals surface area (Å²) < 4.78 is 18.5. The first-order chi connectivity index (χ1) is 9.60. The summed E-state index contributed by atoms with van der Waals surface area (Å²) >= 11 is 0. The number of hydrogen-bond acceptors (Lipinski definition) is 2. The Balaban J connectivity index is 2.15. The number of halogens is 1. The Morgan fingerprint density at radius 2 is 2.00 bits per heavy atom. The van der Waals surface area contributed by atoms with Crippen LogP contribution in [0.15, 0.2) is 42.5 Å². The molecule has 1 atom stereocenters. The molecule has 0 spiro atoms. The number of aryl methyl sites for hydroxylation is 1. The van der Waals surface area contributed by atoms with E-state index < -0.39 is 6.10 Å². The number of hydrogen-bond donors (Lipinski definition) is 1. The first-order valence-electron chi connectivity index (χ1n) is 6.76. The maximum absolute atomic E-state index is 13.1. The zero-order chi connectivity index (χ0) is 14.5. The minimum atomic E-state index is -0.625. The van der Waals surface area contributed by atoms with Crippen molar-refractivity contribution in [3.8, 4) is 5.75 Å². The van der Waals surface area contributed by atoms with Crippen LogP contribution in [-0.4, -0.2) is 11.7 Å². The van der Waals surface area contributed by atoms with E-state index in [1.54, 1.807) is 6.07 Å². The van der Waals surface area contributed by atoms with Crippen molar-refractivity contribution in [2.75, 3.05) is 6.61 Å². The van der Waals surface area contributed by atoms with Crippen LogP contribution in [0.3, 0.4) is 0 Å². The minimum absolute atomic E-state index is 0.251. The fourth-order valence-electron chi connectivity index (χ4n) is 2.19. The molecule has 2 nitrogen and oxygen atoms in total. The number of aliphatic hydroxyl groups is 1. The molecule has 0 aliphatic carbocycles. The van der Waals surface area contributed by atoms with Crippen molar-refractivity contribution in [1.29, 1.82) is 0 Å². The van der Waals surface area contributed by atoms with Crippen molar-refractivity contribution in [3.05, 3.63) is 65.0 Å². The molecule has 1 unspecified atom stereocenters. The van der Waals surface area contributed by atoms with E-state index in [0.717, 1.165) is 22.4 Å². The molecule has 0 saturated heterocycles. The predicted molar refractivity (Wildman–Crippen MR) is 77.4 cm³/mol. The number of rotatable bonds is 5. The lowest BCUT2D eigenvalue weighted by molar-refractivity contribution is 0.177.